The van der Waals surface area contributed by atoms with E-state index < -0.39 is 6.03 Å². The summed E-state index contributed by atoms with van der Waals surface area (Å²) in [5.41, 5.74) is 6.00. The number of nitrogens with two attached hydrogens (primary N) is 1. The average Bonchev–Trinajstić information content (AvgIpc) is 2.16. The lowest BCUT2D eigenvalue weighted by Crippen LogP contribution is -2.39. The number of carbonyl (C=O) groups excluding carboxylic acids is 2. The van der Waals surface area contributed by atoms with Gasteiger partial charge in [0.1, 0.15) is 0 Å². The van der Waals surface area contributed by atoms with Crippen LogP contribution in [0.1, 0.15) is 12.5 Å². The second kappa shape index (κ2) is 5.55. The van der Waals surface area contributed by atoms with E-state index in [1.807, 2.05) is 31.2 Å². The van der Waals surface area contributed by atoms with E-state index in [0.29, 0.717) is 0 Å². The van der Waals surface area contributed by atoms with Crippen LogP contribution in [0.3, 0.4) is 0 Å². The van der Waals surface area contributed by atoms with Crippen molar-refractivity contribution in [2.45, 2.75) is 24.0 Å². The molecule has 0 aliphatic rings. The lowest BCUT2D eigenvalue weighted by atomic mass is 10.2. The summed E-state index contributed by atoms with van der Waals surface area (Å²) in [4.78, 5) is 22.9. The van der Waals surface area contributed by atoms with Crippen LogP contribution in [-0.4, -0.2) is 17.2 Å². The molecule has 3 amide bonds. The van der Waals surface area contributed by atoms with Gasteiger partial charge in [-0.2, -0.15) is 0 Å². The van der Waals surface area contributed by atoms with Crippen LogP contribution in [0.4, 0.5) is 4.79 Å². The van der Waals surface area contributed by atoms with Crippen LogP contribution in [0, 0.1) is 6.92 Å². The third-order valence-corrected chi connectivity index (χ3v) is 3.01. The molecule has 0 aliphatic carbocycles. The van der Waals surface area contributed by atoms with Gasteiger partial charge in [0.15, 0.2) is 0 Å². The fourth-order valence-electron chi connectivity index (χ4n) is 1.17. The first-order valence-corrected chi connectivity index (χ1v) is 5.70. The van der Waals surface area contributed by atoms with E-state index in [9.17, 15) is 9.59 Å². The number of imide groups is 1. The zero-order valence-electron chi connectivity index (χ0n) is 9.19. The van der Waals surface area contributed by atoms with Crippen molar-refractivity contribution in [1.82, 2.24) is 5.32 Å². The molecule has 3 N–H and O–H groups in total. The molecule has 0 aromatic heterocycles. The van der Waals surface area contributed by atoms with Crippen LogP contribution >= 0.6 is 11.8 Å². The number of hydrogen-bond acceptors (Lipinski definition) is 3. The van der Waals surface area contributed by atoms with Crippen molar-refractivity contribution < 1.29 is 9.59 Å². The van der Waals surface area contributed by atoms with Crippen LogP contribution in [0.5, 0.6) is 0 Å². The van der Waals surface area contributed by atoms with Crippen molar-refractivity contribution in [2.24, 2.45) is 5.73 Å². The fourth-order valence-corrected chi connectivity index (χ4v) is 2.15. The summed E-state index contributed by atoms with van der Waals surface area (Å²) in [5.74, 6) is -0.376. The summed E-state index contributed by atoms with van der Waals surface area (Å²) < 4.78 is 0. The fraction of sp³-hybridized carbons (Fsp3) is 0.273. The predicted molar refractivity (Wildman–Crippen MR) is 64.2 cm³/mol. The maximum absolute atomic E-state index is 11.4. The van der Waals surface area contributed by atoms with Crippen molar-refractivity contribution in [3.63, 3.8) is 0 Å². The quantitative estimate of drug-likeness (QED) is 0.787. The molecule has 0 spiro atoms. The molecule has 86 valence electrons. The maximum Gasteiger partial charge on any atom is 0.318 e. The highest BCUT2D eigenvalue weighted by Crippen LogP contribution is 2.23. The second-order valence-electron chi connectivity index (χ2n) is 3.43. The molecule has 0 saturated heterocycles. The Labute approximate surface area is 98.6 Å². The number of hydrogen-bond donors (Lipinski definition) is 2. The highest BCUT2D eigenvalue weighted by Gasteiger charge is 2.15. The van der Waals surface area contributed by atoms with Crippen LogP contribution < -0.4 is 11.1 Å². The first-order chi connectivity index (χ1) is 7.49. The first-order valence-electron chi connectivity index (χ1n) is 4.82. The molecule has 5 heteroatoms. The van der Waals surface area contributed by atoms with E-state index in [1.165, 1.54) is 11.8 Å². The van der Waals surface area contributed by atoms with Crippen molar-refractivity contribution in [1.29, 1.82) is 0 Å². The monoisotopic (exact) mass is 238 g/mol. The highest BCUT2D eigenvalue weighted by atomic mass is 32.2. The molecule has 0 radical (unpaired) electrons. The average molecular weight is 238 g/mol. The Kier molecular flexibility index (Phi) is 4.37. The van der Waals surface area contributed by atoms with Gasteiger partial charge in [-0.15, -0.1) is 11.8 Å². The SMILES string of the molecule is Cc1cccc(SC(C)C(=O)NC(N)=O)c1. The van der Waals surface area contributed by atoms with Crippen molar-refractivity contribution >= 4 is 23.7 Å². The van der Waals surface area contributed by atoms with E-state index in [0.717, 1.165) is 10.5 Å². The normalized spacial score (nSPS) is 11.9. The number of rotatable bonds is 3. The van der Waals surface area contributed by atoms with Gasteiger partial charge in [-0.25, -0.2) is 4.79 Å². The van der Waals surface area contributed by atoms with Crippen LogP contribution in [0.2, 0.25) is 0 Å². The number of nitrogens with one attached hydrogen (secondary N) is 1. The van der Waals surface area contributed by atoms with Gasteiger partial charge in [0.25, 0.3) is 0 Å². The molecule has 1 rings (SSSR count). The predicted octanol–water partition coefficient (Wildman–Crippen LogP) is 1.67. The van der Waals surface area contributed by atoms with Gasteiger partial charge >= 0.3 is 6.03 Å². The number of primary amides is 1. The molecule has 16 heavy (non-hydrogen) atoms. The molecule has 1 aromatic carbocycles. The Hall–Kier alpha value is -1.49. The number of thioether (sulfide) groups is 1. The number of amides is 3. The van der Waals surface area contributed by atoms with Gasteiger partial charge in [0.2, 0.25) is 5.91 Å². The van der Waals surface area contributed by atoms with Crippen LogP contribution in [-0.2, 0) is 4.79 Å². The van der Waals surface area contributed by atoms with Crippen molar-refractivity contribution in [3.8, 4) is 0 Å². The summed E-state index contributed by atoms with van der Waals surface area (Å²) in [6.07, 6.45) is 0. The van der Waals surface area contributed by atoms with Gasteiger partial charge in [0, 0.05) is 4.90 Å². The van der Waals surface area contributed by atoms with E-state index in [2.05, 4.69) is 5.32 Å². The molecule has 1 atom stereocenters. The minimum atomic E-state index is -0.818. The molecule has 0 heterocycles. The molecule has 0 bridgehead atoms. The lowest BCUT2D eigenvalue weighted by molar-refractivity contribution is -0.119. The molecular weight excluding hydrogens is 224 g/mol. The molecule has 1 aromatic rings. The molecule has 4 nitrogen and oxygen atoms in total. The largest absolute Gasteiger partial charge is 0.351 e. The highest BCUT2D eigenvalue weighted by molar-refractivity contribution is 8.00. The lowest BCUT2D eigenvalue weighted by Gasteiger charge is -2.10. The molecule has 0 aliphatic heterocycles. The minimum absolute atomic E-state index is 0.353. The van der Waals surface area contributed by atoms with Gasteiger partial charge in [0.05, 0.1) is 5.25 Å². The van der Waals surface area contributed by atoms with Gasteiger partial charge in [-0.1, -0.05) is 17.7 Å². The van der Waals surface area contributed by atoms with Gasteiger partial charge in [-0.3, -0.25) is 10.1 Å². The summed E-state index contributed by atoms with van der Waals surface area (Å²) in [5, 5.41) is 1.70. The molecular formula is C11H14N2O2S. The maximum atomic E-state index is 11.4. The van der Waals surface area contributed by atoms with Gasteiger partial charge < -0.3 is 5.73 Å². The van der Waals surface area contributed by atoms with E-state index >= 15 is 0 Å². The second-order valence-corrected chi connectivity index (χ2v) is 4.84. The Balaban J connectivity index is 2.60. The zero-order chi connectivity index (χ0) is 12.1. The molecule has 0 fully saturated rings. The van der Waals surface area contributed by atoms with E-state index in [4.69, 9.17) is 5.73 Å². The van der Waals surface area contributed by atoms with E-state index in [-0.39, 0.29) is 11.2 Å². The van der Waals surface area contributed by atoms with E-state index in [1.54, 1.807) is 6.92 Å². The Morgan fingerprint density at radius 1 is 1.44 bits per heavy atom. The Morgan fingerprint density at radius 3 is 2.69 bits per heavy atom. The molecule has 0 saturated carbocycles. The minimum Gasteiger partial charge on any atom is -0.351 e. The van der Waals surface area contributed by atoms with Crippen molar-refractivity contribution in [2.75, 3.05) is 0 Å². The first kappa shape index (κ1) is 12.6. The zero-order valence-corrected chi connectivity index (χ0v) is 10.0. The third-order valence-electron chi connectivity index (χ3n) is 1.92. The number of benzene rings is 1. The standard InChI is InChI=1S/C11H14N2O2S/c1-7-4-3-5-9(6-7)16-8(2)10(14)13-11(12)15/h3-6,8H,1-2H3,(H3,12,13,14,15). The Bertz CT molecular complexity index is 407. The van der Waals surface area contributed by atoms with Crippen LogP contribution in [0.25, 0.3) is 0 Å². The van der Waals surface area contributed by atoms with Gasteiger partial charge in [-0.05, 0) is 26.0 Å². The van der Waals surface area contributed by atoms with Crippen LogP contribution in [0.15, 0.2) is 29.2 Å². The Morgan fingerprint density at radius 2 is 2.12 bits per heavy atom. The number of aryl methyl sites for hydroxylation is 1. The summed E-state index contributed by atoms with van der Waals surface area (Å²) in [6, 6.07) is 7.00. The number of urea groups is 1. The summed E-state index contributed by atoms with van der Waals surface area (Å²) in [7, 11) is 0. The third kappa shape index (κ3) is 3.94. The topological polar surface area (TPSA) is 72.2 Å². The number of carbonyl (C=O) groups is 2. The summed E-state index contributed by atoms with van der Waals surface area (Å²) >= 11 is 1.39. The summed E-state index contributed by atoms with van der Waals surface area (Å²) in [6.45, 7) is 3.71. The molecule has 1 unspecified atom stereocenters. The van der Waals surface area contributed by atoms with Crippen molar-refractivity contribution in [3.05, 3.63) is 29.8 Å². The smallest absolute Gasteiger partial charge is 0.318 e.